The number of hydrogen-bond donors (Lipinski definition) is 0. The summed E-state index contributed by atoms with van der Waals surface area (Å²) in [6.07, 6.45) is 7.79. The van der Waals surface area contributed by atoms with E-state index in [2.05, 4.69) is 26.8 Å². The van der Waals surface area contributed by atoms with Gasteiger partial charge in [0.2, 0.25) is 0 Å². The Hall–Kier alpha value is -2.18. The molecule has 0 spiro atoms. The molecule has 0 N–H and O–H groups in total. The average molecular weight is 289 g/mol. The maximum atomic E-state index is 11.8. The summed E-state index contributed by atoms with van der Waals surface area (Å²) < 4.78 is 8.74. The molecule has 0 amide bonds. The van der Waals surface area contributed by atoms with E-state index in [1.54, 1.807) is 4.68 Å². The second-order valence-electron chi connectivity index (χ2n) is 5.31. The Morgan fingerprint density at radius 3 is 2.95 bits per heavy atom. The number of carbonyl (C=O) groups is 1. The van der Waals surface area contributed by atoms with Gasteiger partial charge in [-0.25, -0.2) is 14.5 Å². The molecule has 0 bridgehead atoms. The van der Waals surface area contributed by atoms with Gasteiger partial charge in [-0.2, -0.15) is 0 Å². The number of carbonyl (C=O) groups excluding carboxylic acids is 1. The second-order valence-corrected chi connectivity index (χ2v) is 5.31. The standard InChI is InChI=1S/C14H19N5O2/c1-3-4-12-13(14(20)21-2)16-17-19(12)8-11-7-15-9-18(11)10-5-6-10/h7,9-10H,3-6,8H2,1-2H3. The van der Waals surface area contributed by atoms with E-state index in [0.717, 1.165) is 24.2 Å². The fourth-order valence-electron chi connectivity index (χ4n) is 2.49. The highest BCUT2D eigenvalue weighted by atomic mass is 16.5. The molecule has 7 nitrogen and oxygen atoms in total. The molecule has 0 atom stereocenters. The van der Waals surface area contributed by atoms with Gasteiger partial charge >= 0.3 is 5.97 Å². The quantitative estimate of drug-likeness (QED) is 0.755. The molecular weight excluding hydrogens is 270 g/mol. The highest BCUT2D eigenvalue weighted by Gasteiger charge is 2.26. The first-order valence-electron chi connectivity index (χ1n) is 7.26. The summed E-state index contributed by atoms with van der Waals surface area (Å²) >= 11 is 0. The number of nitrogens with zero attached hydrogens (tertiary/aromatic N) is 5. The van der Waals surface area contributed by atoms with E-state index in [1.165, 1.54) is 20.0 Å². The van der Waals surface area contributed by atoms with Gasteiger partial charge in [-0.05, 0) is 19.3 Å². The predicted molar refractivity (Wildman–Crippen MR) is 75.0 cm³/mol. The fraction of sp³-hybridized carbons (Fsp3) is 0.571. The minimum Gasteiger partial charge on any atom is -0.464 e. The van der Waals surface area contributed by atoms with E-state index in [-0.39, 0.29) is 0 Å². The van der Waals surface area contributed by atoms with Crippen LogP contribution in [0.25, 0.3) is 0 Å². The van der Waals surface area contributed by atoms with Crippen molar-refractivity contribution in [2.24, 2.45) is 0 Å². The minimum atomic E-state index is -0.430. The zero-order valence-electron chi connectivity index (χ0n) is 12.3. The van der Waals surface area contributed by atoms with Crippen molar-refractivity contribution in [1.29, 1.82) is 0 Å². The fourth-order valence-corrected chi connectivity index (χ4v) is 2.49. The lowest BCUT2D eigenvalue weighted by Gasteiger charge is -2.09. The van der Waals surface area contributed by atoms with Crippen LogP contribution in [0.3, 0.4) is 0 Å². The van der Waals surface area contributed by atoms with Crippen molar-refractivity contribution in [2.45, 2.75) is 45.2 Å². The van der Waals surface area contributed by atoms with Crippen molar-refractivity contribution in [2.75, 3.05) is 7.11 Å². The van der Waals surface area contributed by atoms with Crippen LogP contribution in [0.15, 0.2) is 12.5 Å². The third-order valence-corrected chi connectivity index (χ3v) is 3.70. The van der Waals surface area contributed by atoms with Crippen LogP contribution in [-0.2, 0) is 17.7 Å². The third kappa shape index (κ3) is 2.68. The first-order valence-corrected chi connectivity index (χ1v) is 7.26. The summed E-state index contributed by atoms with van der Waals surface area (Å²) in [6.45, 7) is 2.64. The van der Waals surface area contributed by atoms with Crippen molar-refractivity contribution in [3.8, 4) is 0 Å². The Morgan fingerprint density at radius 1 is 1.48 bits per heavy atom. The first-order chi connectivity index (χ1) is 10.2. The normalized spacial score (nSPS) is 14.4. The smallest absolute Gasteiger partial charge is 0.360 e. The Labute approximate surface area is 122 Å². The zero-order chi connectivity index (χ0) is 14.8. The van der Waals surface area contributed by atoms with E-state index < -0.39 is 5.97 Å². The molecule has 0 radical (unpaired) electrons. The Balaban J connectivity index is 1.89. The molecule has 0 unspecified atom stereocenters. The van der Waals surface area contributed by atoms with E-state index in [1.807, 2.05) is 12.5 Å². The topological polar surface area (TPSA) is 74.8 Å². The number of imidazole rings is 1. The average Bonchev–Trinajstić information content (AvgIpc) is 3.11. The monoisotopic (exact) mass is 289 g/mol. The van der Waals surface area contributed by atoms with Crippen LogP contribution in [0.2, 0.25) is 0 Å². The van der Waals surface area contributed by atoms with Crippen molar-refractivity contribution >= 4 is 5.97 Å². The maximum Gasteiger partial charge on any atom is 0.360 e. The Bertz CT molecular complexity index is 642. The third-order valence-electron chi connectivity index (χ3n) is 3.70. The molecule has 2 heterocycles. The number of ether oxygens (including phenoxy) is 1. The van der Waals surface area contributed by atoms with Crippen LogP contribution in [0.5, 0.6) is 0 Å². The molecule has 21 heavy (non-hydrogen) atoms. The van der Waals surface area contributed by atoms with Gasteiger partial charge in [-0.3, -0.25) is 0 Å². The molecule has 2 aromatic heterocycles. The summed E-state index contributed by atoms with van der Waals surface area (Å²) in [5, 5.41) is 8.11. The predicted octanol–water partition coefficient (Wildman–Crippen LogP) is 1.60. The van der Waals surface area contributed by atoms with Gasteiger partial charge in [0.25, 0.3) is 0 Å². The lowest BCUT2D eigenvalue weighted by molar-refractivity contribution is 0.0592. The molecule has 112 valence electrons. The number of hydrogen-bond acceptors (Lipinski definition) is 5. The van der Waals surface area contributed by atoms with Crippen molar-refractivity contribution < 1.29 is 9.53 Å². The molecular formula is C14H19N5O2. The molecule has 0 saturated heterocycles. The molecule has 0 aliphatic heterocycles. The van der Waals surface area contributed by atoms with Gasteiger partial charge in [0.15, 0.2) is 5.69 Å². The highest BCUT2D eigenvalue weighted by molar-refractivity contribution is 5.88. The van der Waals surface area contributed by atoms with Crippen LogP contribution in [-0.4, -0.2) is 37.6 Å². The van der Waals surface area contributed by atoms with Crippen molar-refractivity contribution in [3.63, 3.8) is 0 Å². The molecule has 1 aliphatic rings. The van der Waals surface area contributed by atoms with Gasteiger partial charge in [0.1, 0.15) is 0 Å². The van der Waals surface area contributed by atoms with Crippen LogP contribution < -0.4 is 0 Å². The van der Waals surface area contributed by atoms with Crippen LogP contribution in [0, 0.1) is 0 Å². The first kappa shape index (κ1) is 13.8. The molecule has 1 saturated carbocycles. The summed E-state index contributed by atoms with van der Waals surface area (Å²) in [5.41, 5.74) is 2.24. The number of methoxy groups -OCH3 is 1. The van der Waals surface area contributed by atoms with Crippen LogP contribution in [0.4, 0.5) is 0 Å². The highest BCUT2D eigenvalue weighted by Crippen LogP contribution is 2.35. The molecule has 3 rings (SSSR count). The number of rotatable bonds is 6. The summed E-state index contributed by atoms with van der Waals surface area (Å²) in [6, 6.07) is 0.570. The van der Waals surface area contributed by atoms with Gasteiger partial charge in [-0.15, -0.1) is 5.10 Å². The van der Waals surface area contributed by atoms with E-state index in [9.17, 15) is 4.79 Å². The number of aromatic nitrogens is 5. The van der Waals surface area contributed by atoms with Gasteiger partial charge in [-0.1, -0.05) is 18.6 Å². The molecule has 2 aromatic rings. The maximum absolute atomic E-state index is 11.8. The summed E-state index contributed by atoms with van der Waals surface area (Å²) in [5.74, 6) is -0.430. The minimum absolute atomic E-state index is 0.317. The molecule has 1 aliphatic carbocycles. The van der Waals surface area contributed by atoms with Crippen LogP contribution >= 0.6 is 0 Å². The second kappa shape index (κ2) is 5.67. The van der Waals surface area contributed by atoms with Crippen LogP contribution in [0.1, 0.15) is 54.1 Å². The molecule has 1 fully saturated rings. The summed E-state index contributed by atoms with van der Waals surface area (Å²) in [7, 11) is 1.36. The van der Waals surface area contributed by atoms with E-state index in [4.69, 9.17) is 4.74 Å². The lowest BCUT2D eigenvalue weighted by Crippen LogP contribution is -2.12. The summed E-state index contributed by atoms with van der Waals surface area (Å²) in [4.78, 5) is 16.0. The lowest BCUT2D eigenvalue weighted by atomic mass is 10.2. The Kier molecular flexibility index (Phi) is 3.72. The zero-order valence-corrected chi connectivity index (χ0v) is 12.3. The molecule has 7 heteroatoms. The van der Waals surface area contributed by atoms with Gasteiger partial charge in [0, 0.05) is 6.04 Å². The largest absolute Gasteiger partial charge is 0.464 e. The number of esters is 1. The van der Waals surface area contributed by atoms with Crippen molar-refractivity contribution in [1.82, 2.24) is 24.5 Å². The van der Waals surface area contributed by atoms with Gasteiger partial charge in [0.05, 0.1) is 37.6 Å². The SMILES string of the molecule is CCCc1c(C(=O)OC)nnn1Cc1cncn1C1CC1. The van der Waals surface area contributed by atoms with E-state index >= 15 is 0 Å². The van der Waals surface area contributed by atoms with Gasteiger partial charge < -0.3 is 9.30 Å². The van der Waals surface area contributed by atoms with Crippen molar-refractivity contribution in [3.05, 3.63) is 29.6 Å². The molecule has 0 aromatic carbocycles. The van der Waals surface area contributed by atoms with E-state index in [0.29, 0.717) is 18.3 Å². The Morgan fingerprint density at radius 2 is 2.29 bits per heavy atom.